The quantitative estimate of drug-likeness (QED) is 0.649. The lowest BCUT2D eigenvalue weighted by Crippen LogP contribution is -2.09. The van der Waals surface area contributed by atoms with Gasteiger partial charge in [0.25, 0.3) is 0 Å². The molecule has 21 heavy (non-hydrogen) atoms. The number of nitro groups is 1. The molecule has 0 atom stereocenters. The largest absolute Gasteiger partial charge is 0.484 e. The lowest BCUT2D eigenvalue weighted by atomic mass is 10.2. The van der Waals surface area contributed by atoms with Crippen LogP contribution >= 0.6 is 0 Å². The minimum atomic E-state index is -0.444. The Morgan fingerprint density at radius 2 is 2.19 bits per heavy atom. The van der Waals surface area contributed by atoms with Gasteiger partial charge in [0.05, 0.1) is 23.3 Å². The summed E-state index contributed by atoms with van der Waals surface area (Å²) in [7, 11) is 0. The number of hydrogen-bond donors (Lipinski definition) is 1. The number of nitrogens with zero attached hydrogens (tertiary/aromatic N) is 3. The number of hydrogen-bond acceptors (Lipinski definition) is 6. The van der Waals surface area contributed by atoms with Crippen LogP contribution in [0.4, 0.5) is 11.4 Å². The van der Waals surface area contributed by atoms with Crippen LogP contribution < -0.4 is 10.1 Å². The third kappa shape index (κ3) is 3.88. The van der Waals surface area contributed by atoms with Gasteiger partial charge in [-0.2, -0.15) is 0 Å². The Morgan fingerprint density at radius 1 is 1.38 bits per heavy atom. The van der Waals surface area contributed by atoms with Gasteiger partial charge in [0, 0.05) is 6.20 Å². The molecule has 0 saturated heterocycles. The second-order valence-corrected chi connectivity index (χ2v) is 4.63. The molecule has 0 aliphatic heterocycles. The fourth-order valence-corrected chi connectivity index (χ4v) is 1.81. The molecule has 1 heterocycles. The summed E-state index contributed by atoms with van der Waals surface area (Å²) in [6.07, 6.45) is 2.92. The fourth-order valence-electron chi connectivity index (χ4n) is 1.81. The monoisotopic (exact) mass is 288 g/mol. The Balaban J connectivity index is 2.24. The first-order valence-electron chi connectivity index (χ1n) is 6.50. The third-order valence-electron chi connectivity index (χ3n) is 2.65. The van der Waals surface area contributed by atoms with Crippen LogP contribution in [0.2, 0.25) is 0 Å². The summed E-state index contributed by atoms with van der Waals surface area (Å²) in [5.41, 5.74) is 1.08. The van der Waals surface area contributed by atoms with Crippen LogP contribution in [0.15, 0.2) is 36.8 Å². The molecule has 0 radical (unpaired) electrons. The van der Waals surface area contributed by atoms with E-state index in [1.165, 1.54) is 6.33 Å². The van der Waals surface area contributed by atoms with Crippen molar-refractivity contribution in [2.45, 2.75) is 26.5 Å². The van der Waals surface area contributed by atoms with Gasteiger partial charge in [-0.15, -0.1) is 0 Å². The highest BCUT2D eigenvalue weighted by molar-refractivity contribution is 5.68. The zero-order valence-corrected chi connectivity index (χ0v) is 11.8. The van der Waals surface area contributed by atoms with Crippen LogP contribution in [0, 0.1) is 10.1 Å². The number of anilines is 1. The Kier molecular flexibility index (Phi) is 4.65. The van der Waals surface area contributed by atoms with Crippen LogP contribution in [-0.2, 0) is 6.54 Å². The molecule has 0 fully saturated rings. The number of rotatable bonds is 6. The van der Waals surface area contributed by atoms with Crippen molar-refractivity contribution in [1.29, 1.82) is 0 Å². The van der Waals surface area contributed by atoms with Gasteiger partial charge in [-0.05, 0) is 32.0 Å². The van der Waals surface area contributed by atoms with Gasteiger partial charge in [-0.1, -0.05) is 6.07 Å². The highest BCUT2D eigenvalue weighted by Crippen LogP contribution is 2.35. The first-order chi connectivity index (χ1) is 10.1. The number of ether oxygens (including phenoxy) is 1. The summed E-state index contributed by atoms with van der Waals surface area (Å²) in [6, 6.07) is 6.70. The number of nitro benzene ring substituents is 1. The van der Waals surface area contributed by atoms with Crippen molar-refractivity contribution in [2.75, 3.05) is 5.32 Å². The van der Waals surface area contributed by atoms with Crippen molar-refractivity contribution >= 4 is 11.4 Å². The minimum absolute atomic E-state index is 0.0692. The second kappa shape index (κ2) is 6.65. The summed E-state index contributed by atoms with van der Waals surface area (Å²) in [6.45, 7) is 4.02. The molecule has 1 aromatic carbocycles. The molecule has 0 unspecified atom stereocenters. The van der Waals surface area contributed by atoms with Gasteiger partial charge in [0.15, 0.2) is 5.75 Å². The van der Waals surface area contributed by atoms with Gasteiger partial charge in [-0.25, -0.2) is 9.97 Å². The summed E-state index contributed by atoms with van der Waals surface area (Å²) >= 11 is 0. The van der Waals surface area contributed by atoms with E-state index in [1.807, 2.05) is 13.8 Å². The van der Waals surface area contributed by atoms with E-state index < -0.39 is 4.92 Å². The van der Waals surface area contributed by atoms with Gasteiger partial charge in [0.2, 0.25) is 0 Å². The summed E-state index contributed by atoms with van der Waals surface area (Å²) in [5.74, 6) is 0.252. The Bertz CT molecular complexity index is 617. The highest BCUT2D eigenvalue weighted by Gasteiger charge is 2.21. The first-order valence-corrected chi connectivity index (χ1v) is 6.50. The van der Waals surface area contributed by atoms with Crippen molar-refractivity contribution in [2.24, 2.45) is 0 Å². The molecule has 0 spiro atoms. The molecule has 0 amide bonds. The molecular weight excluding hydrogens is 272 g/mol. The summed E-state index contributed by atoms with van der Waals surface area (Å²) in [5, 5.41) is 14.3. The zero-order chi connectivity index (χ0) is 15.2. The molecule has 1 N–H and O–H groups in total. The minimum Gasteiger partial charge on any atom is -0.484 e. The van der Waals surface area contributed by atoms with E-state index in [9.17, 15) is 10.1 Å². The fraction of sp³-hybridized carbons (Fsp3) is 0.286. The van der Waals surface area contributed by atoms with Gasteiger partial charge in [-0.3, -0.25) is 10.1 Å². The Labute approximate surface area is 122 Å². The van der Waals surface area contributed by atoms with Crippen molar-refractivity contribution < 1.29 is 9.66 Å². The zero-order valence-electron chi connectivity index (χ0n) is 11.8. The molecular formula is C14H16N4O3. The van der Waals surface area contributed by atoms with Crippen molar-refractivity contribution in [3.8, 4) is 5.75 Å². The van der Waals surface area contributed by atoms with Crippen LogP contribution in [0.25, 0.3) is 0 Å². The van der Waals surface area contributed by atoms with Crippen molar-refractivity contribution in [1.82, 2.24) is 9.97 Å². The molecule has 110 valence electrons. The molecule has 2 rings (SSSR count). The van der Waals surface area contributed by atoms with E-state index in [-0.39, 0.29) is 17.5 Å². The van der Waals surface area contributed by atoms with Crippen LogP contribution in [0.1, 0.15) is 19.5 Å². The summed E-state index contributed by atoms with van der Waals surface area (Å²) in [4.78, 5) is 18.7. The number of aromatic nitrogens is 2. The normalized spacial score (nSPS) is 10.4. The standard InChI is InChI=1S/C14H16N4O3/c1-10(2)21-13-5-3-4-12(14(13)18(19)20)16-8-11-6-7-15-9-17-11/h3-7,9-10,16H,8H2,1-2H3. The van der Waals surface area contributed by atoms with E-state index >= 15 is 0 Å². The Morgan fingerprint density at radius 3 is 2.81 bits per heavy atom. The van der Waals surface area contributed by atoms with Gasteiger partial charge < -0.3 is 10.1 Å². The lowest BCUT2D eigenvalue weighted by molar-refractivity contribution is -0.385. The second-order valence-electron chi connectivity index (χ2n) is 4.63. The van der Waals surface area contributed by atoms with E-state index in [0.717, 1.165) is 5.69 Å². The maximum Gasteiger partial charge on any atom is 0.333 e. The number of nitrogens with one attached hydrogen (secondary N) is 1. The molecule has 7 nitrogen and oxygen atoms in total. The van der Waals surface area contributed by atoms with Crippen LogP contribution in [0.5, 0.6) is 5.75 Å². The molecule has 0 aliphatic rings. The van der Waals surface area contributed by atoms with Crippen molar-refractivity contribution in [3.63, 3.8) is 0 Å². The average Bonchev–Trinajstić information content (AvgIpc) is 2.45. The Hall–Kier alpha value is -2.70. The predicted molar refractivity (Wildman–Crippen MR) is 78.2 cm³/mol. The first kappa shape index (κ1) is 14.7. The number of para-hydroxylation sites is 1. The van der Waals surface area contributed by atoms with E-state index in [0.29, 0.717) is 12.2 Å². The highest BCUT2D eigenvalue weighted by atomic mass is 16.6. The molecule has 0 saturated carbocycles. The molecule has 7 heteroatoms. The summed E-state index contributed by atoms with van der Waals surface area (Å²) < 4.78 is 5.49. The van der Waals surface area contributed by atoms with E-state index in [2.05, 4.69) is 15.3 Å². The average molecular weight is 288 g/mol. The molecule has 0 aliphatic carbocycles. The van der Waals surface area contributed by atoms with Gasteiger partial charge in [0.1, 0.15) is 12.0 Å². The number of benzene rings is 1. The van der Waals surface area contributed by atoms with E-state index in [1.54, 1.807) is 30.5 Å². The predicted octanol–water partition coefficient (Wildman–Crippen LogP) is 2.78. The lowest BCUT2D eigenvalue weighted by Gasteiger charge is -2.13. The third-order valence-corrected chi connectivity index (χ3v) is 2.65. The van der Waals surface area contributed by atoms with Gasteiger partial charge >= 0.3 is 5.69 Å². The molecule has 2 aromatic rings. The molecule has 1 aromatic heterocycles. The maximum absolute atomic E-state index is 11.3. The van der Waals surface area contributed by atoms with Crippen LogP contribution in [-0.4, -0.2) is 21.0 Å². The maximum atomic E-state index is 11.3. The topological polar surface area (TPSA) is 90.2 Å². The van der Waals surface area contributed by atoms with E-state index in [4.69, 9.17) is 4.74 Å². The smallest absolute Gasteiger partial charge is 0.333 e. The molecule has 0 bridgehead atoms. The van der Waals surface area contributed by atoms with Crippen molar-refractivity contribution in [3.05, 3.63) is 52.6 Å². The van der Waals surface area contributed by atoms with Crippen LogP contribution in [0.3, 0.4) is 0 Å². The SMILES string of the molecule is CC(C)Oc1cccc(NCc2ccncn2)c1[N+](=O)[O-].